The van der Waals surface area contributed by atoms with E-state index < -0.39 is 0 Å². The first kappa shape index (κ1) is 8.05. The number of fused-ring (bicyclic) bond motifs is 2. The SMILES string of the molecule is Cc1cccc2c1C1=C(CCC=C1)C2. The summed E-state index contributed by atoms with van der Waals surface area (Å²) in [7, 11) is 0. The summed E-state index contributed by atoms with van der Waals surface area (Å²) in [5.41, 5.74) is 7.64. The van der Waals surface area contributed by atoms with Crippen LogP contribution in [0, 0.1) is 6.92 Å². The predicted molar refractivity (Wildman–Crippen MR) is 60.2 cm³/mol. The van der Waals surface area contributed by atoms with Gasteiger partial charge in [-0.1, -0.05) is 35.9 Å². The van der Waals surface area contributed by atoms with Crippen molar-refractivity contribution in [3.8, 4) is 0 Å². The fraction of sp³-hybridized carbons (Fsp3) is 0.286. The summed E-state index contributed by atoms with van der Waals surface area (Å²) in [6.07, 6.45) is 8.31. The van der Waals surface area contributed by atoms with Gasteiger partial charge in [-0.2, -0.15) is 0 Å². The topological polar surface area (TPSA) is 0 Å². The van der Waals surface area contributed by atoms with Crippen LogP contribution >= 0.6 is 0 Å². The van der Waals surface area contributed by atoms with Crippen LogP contribution in [0.2, 0.25) is 0 Å². The largest absolute Gasteiger partial charge is 0.0836 e. The average Bonchev–Trinajstić information content (AvgIpc) is 2.57. The molecule has 0 nitrogen and oxygen atoms in total. The lowest BCUT2D eigenvalue weighted by atomic mass is 9.96. The Labute approximate surface area is 85.0 Å². The van der Waals surface area contributed by atoms with Crippen LogP contribution in [0.1, 0.15) is 29.5 Å². The third kappa shape index (κ3) is 1.00. The fourth-order valence-corrected chi connectivity index (χ4v) is 2.65. The maximum atomic E-state index is 2.32. The molecule has 2 aliphatic carbocycles. The van der Waals surface area contributed by atoms with E-state index in [2.05, 4.69) is 37.3 Å². The van der Waals surface area contributed by atoms with Crippen LogP contribution in [0.15, 0.2) is 35.9 Å². The quantitative estimate of drug-likeness (QED) is 0.574. The number of allylic oxidation sites excluding steroid dienone is 4. The molecule has 0 atom stereocenters. The van der Waals surface area contributed by atoms with E-state index in [1.165, 1.54) is 41.5 Å². The fourth-order valence-electron chi connectivity index (χ4n) is 2.65. The molecule has 1 aromatic rings. The number of rotatable bonds is 0. The standard InChI is InChI=1S/C14H14/c1-10-5-4-7-12-9-11-6-2-3-8-13(11)14(10)12/h3-5,7-8H,2,6,9H2,1H3. The van der Waals surface area contributed by atoms with E-state index in [-0.39, 0.29) is 0 Å². The minimum absolute atomic E-state index is 1.19. The van der Waals surface area contributed by atoms with Crippen molar-refractivity contribution in [1.82, 2.24) is 0 Å². The van der Waals surface area contributed by atoms with Gasteiger partial charge in [0.15, 0.2) is 0 Å². The first-order valence-electron chi connectivity index (χ1n) is 5.33. The summed E-state index contributed by atoms with van der Waals surface area (Å²) in [5, 5.41) is 0. The molecule has 0 amide bonds. The van der Waals surface area contributed by atoms with Crippen LogP contribution in [-0.2, 0) is 6.42 Å². The average molecular weight is 182 g/mol. The Bertz CT molecular complexity index is 447. The van der Waals surface area contributed by atoms with Crippen molar-refractivity contribution in [2.24, 2.45) is 0 Å². The molecule has 0 aliphatic heterocycles. The van der Waals surface area contributed by atoms with Crippen LogP contribution in [0.3, 0.4) is 0 Å². The van der Waals surface area contributed by atoms with E-state index in [9.17, 15) is 0 Å². The lowest BCUT2D eigenvalue weighted by molar-refractivity contribution is 0.935. The van der Waals surface area contributed by atoms with Crippen molar-refractivity contribution in [1.29, 1.82) is 0 Å². The zero-order chi connectivity index (χ0) is 9.54. The van der Waals surface area contributed by atoms with Gasteiger partial charge in [0.2, 0.25) is 0 Å². The Hall–Kier alpha value is -1.30. The van der Waals surface area contributed by atoms with Crippen molar-refractivity contribution in [3.05, 3.63) is 52.6 Å². The van der Waals surface area contributed by atoms with Crippen LogP contribution in [-0.4, -0.2) is 0 Å². The summed E-state index contributed by atoms with van der Waals surface area (Å²) < 4.78 is 0. The highest BCUT2D eigenvalue weighted by Crippen LogP contribution is 2.39. The molecule has 0 unspecified atom stereocenters. The van der Waals surface area contributed by atoms with Crippen LogP contribution in [0.5, 0.6) is 0 Å². The third-order valence-corrected chi connectivity index (χ3v) is 3.31. The van der Waals surface area contributed by atoms with Gasteiger partial charge in [0.1, 0.15) is 0 Å². The van der Waals surface area contributed by atoms with Crippen molar-refractivity contribution < 1.29 is 0 Å². The zero-order valence-corrected chi connectivity index (χ0v) is 8.51. The second-order valence-corrected chi connectivity index (χ2v) is 4.24. The Kier molecular flexibility index (Phi) is 1.63. The van der Waals surface area contributed by atoms with E-state index in [4.69, 9.17) is 0 Å². The van der Waals surface area contributed by atoms with Crippen molar-refractivity contribution >= 4 is 5.57 Å². The highest BCUT2D eigenvalue weighted by molar-refractivity contribution is 5.85. The summed E-state index contributed by atoms with van der Waals surface area (Å²) in [4.78, 5) is 0. The molecule has 0 fully saturated rings. The molecule has 70 valence electrons. The predicted octanol–water partition coefficient (Wildman–Crippen LogP) is 3.65. The number of benzene rings is 1. The molecular formula is C14H14. The van der Waals surface area contributed by atoms with E-state index >= 15 is 0 Å². The second-order valence-electron chi connectivity index (χ2n) is 4.24. The molecule has 0 saturated heterocycles. The molecular weight excluding hydrogens is 168 g/mol. The lowest BCUT2D eigenvalue weighted by Crippen LogP contribution is -1.89. The maximum Gasteiger partial charge on any atom is -0.00515 e. The second kappa shape index (κ2) is 2.84. The normalized spacial score (nSPS) is 18.4. The van der Waals surface area contributed by atoms with E-state index in [1.54, 1.807) is 5.57 Å². The van der Waals surface area contributed by atoms with Crippen molar-refractivity contribution in [2.45, 2.75) is 26.2 Å². The van der Waals surface area contributed by atoms with Crippen LogP contribution < -0.4 is 0 Å². The summed E-state index contributed by atoms with van der Waals surface area (Å²) in [5.74, 6) is 0. The van der Waals surface area contributed by atoms with Gasteiger partial charge < -0.3 is 0 Å². The smallest absolute Gasteiger partial charge is 0.00515 e. The van der Waals surface area contributed by atoms with Gasteiger partial charge in [-0.25, -0.2) is 0 Å². The summed E-state index contributed by atoms with van der Waals surface area (Å²) in [6, 6.07) is 6.67. The minimum Gasteiger partial charge on any atom is -0.0836 e. The highest BCUT2D eigenvalue weighted by Gasteiger charge is 2.21. The van der Waals surface area contributed by atoms with Gasteiger partial charge in [0.25, 0.3) is 0 Å². The molecule has 0 spiro atoms. The molecule has 14 heavy (non-hydrogen) atoms. The van der Waals surface area contributed by atoms with Crippen molar-refractivity contribution in [3.63, 3.8) is 0 Å². The summed E-state index contributed by atoms with van der Waals surface area (Å²) in [6.45, 7) is 2.22. The molecule has 0 saturated carbocycles. The Morgan fingerprint density at radius 1 is 1.21 bits per heavy atom. The molecule has 3 rings (SSSR count). The van der Waals surface area contributed by atoms with Crippen LogP contribution in [0.25, 0.3) is 5.57 Å². The molecule has 0 radical (unpaired) electrons. The monoisotopic (exact) mass is 182 g/mol. The maximum absolute atomic E-state index is 2.32. The Morgan fingerprint density at radius 2 is 2.14 bits per heavy atom. The Balaban J connectivity index is 2.22. The number of hydrogen-bond acceptors (Lipinski definition) is 0. The minimum atomic E-state index is 1.19. The zero-order valence-electron chi connectivity index (χ0n) is 8.51. The van der Waals surface area contributed by atoms with E-state index in [0.29, 0.717) is 0 Å². The number of aryl methyl sites for hydroxylation is 1. The van der Waals surface area contributed by atoms with E-state index in [1.807, 2.05) is 0 Å². The van der Waals surface area contributed by atoms with Crippen LogP contribution in [0.4, 0.5) is 0 Å². The molecule has 2 aliphatic rings. The van der Waals surface area contributed by atoms with Gasteiger partial charge in [-0.05, 0) is 48.4 Å². The molecule has 0 heteroatoms. The van der Waals surface area contributed by atoms with Crippen molar-refractivity contribution in [2.75, 3.05) is 0 Å². The van der Waals surface area contributed by atoms with Gasteiger partial charge >= 0.3 is 0 Å². The molecule has 0 aromatic heterocycles. The van der Waals surface area contributed by atoms with E-state index in [0.717, 1.165) is 0 Å². The molecule has 1 aromatic carbocycles. The Morgan fingerprint density at radius 3 is 3.07 bits per heavy atom. The molecule has 0 bridgehead atoms. The first-order valence-corrected chi connectivity index (χ1v) is 5.33. The molecule has 0 heterocycles. The third-order valence-electron chi connectivity index (χ3n) is 3.31. The van der Waals surface area contributed by atoms with Gasteiger partial charge in [0, 0.05) is 0 Å². The summed E-state index contributed by atoms with van der Waals surface area (Å²) >= 11 is 0. The number of hydrogen-bond donors (Lipinski definition) is 0. The van der Waals surface area contributed by atoms with Gasteiger partial charge in [0.05, 0.1) is 0 Å². The van der Waals surface area contributed by atoms with Gasteiger partial charge in [-0.3, -0.25) is 0 Å². The first-order chi connectivity index (χ1) is 6.86. The molecule has 0 N–H and O–H groups in total. The van der Waals surface area contributed by atoms with Gasteiger partial charge in [-0.15, -0.1) is 0 Å². The highest BCUT2D eigenvalue weighted by atomic mass is 14.3. The lowest BCUT2D eigenvalue weighted by Gasteiger charge is -2.09.